The highest BCUT2D eigenvalue weighted by molar-refractivity contribution is 5.98. The fourth-order valence-corrected chi connectivity index (χ4v) is 8.84. The zero-order valence-electron chi connectivity index (χ0n) is 18.4. The van der Waals surface area contributed by atoms with E-state index in [0.717, 1.165) is 44.1 Å². The molecule has 2 unspecified atom stereocenters. The number of carbonyl (C=O) groups excluding carboxylic acids is 1. The van der Waals surface area contributed by atoms with Crippen molar-refractivity contribution in [2.75, 3.05) is 0 Å². The van der Waals surface area contributed by atoms with Crippen molar-refractivity contribution >= 4 is 5.78 Å². The van der Waals surface area contributed by atoms with Crippen LogP contribution in [0.3, 0.4) is 0 Å². The fourth-order valence-electron chi connectivity index (χ4n) is 8.84. The van der Waals surface area contributed by atoms with E-state index in [-0.39, 0.29) is 28.2 Å². The number of benzene rings is 1. The van der Waals surface area contributed by atoms with Crippen molar-refractivity contribution in [3.63, 3.8) is 0 Å². The van der Waals surface area contributed by atoms with Crippen molar-refractivity contribution in [3.8, 4) is 0 Å². The molecule has 0 heterocycles. The van der Waals surface area contributed by atoms with Crippen molar-refractivity contribution in [2.24, 2.45) is 40.2 Å². The molecular formula is C26H35F2NO. The zero-order valence-corrected chi connectivity index (χ0v) is 18.4. The Labute approximate surface area is 179 Å². The number of halogens is 2. The Morgan fingerprint density at radius 1 is 0.867 bits per heavy atom. The predicted molar refractivity (Wildman–Crippen MR) is 114 cm³/mol. The standard InChI is InChI=1S/C26H35F2NO/c1-24-10-4-3-5-17(24)8-12-26(29)21-7-6-20(25(21,2)11-9-22(24)26)23(30)16-13-18(27)15-19(28)14-16/h13-15,17,20-22H,3-12,29H2,1-2H3/t17-,20+,21?,22?,24-,25+,26+/m0/s1. The maximum atomic E-state index is 13.8. The molecule has 0 aromatic heterocycles. The number of rotatable bonds is 2. The highest BCUT2D eigenvalue weighted by Gasteiger charge is 2.66. The zero-order chi connectivity index (χ0) is 21.3. The lowest BCUT2D eigenvalue weighted by atomic mass is 9.42. The van der Waals surface area contributed by atoms with Crippen LogP contribution in [-0.2, 0) is 0 Å². The first-order valence-electron chi connectivity index (χ1n) is 12.0. The summed E-state index contributed by atoms with van der Waals surface area (Å²) in [4.78, 5) is 13.4. The summed E-state index contributed by atoms with van der Waals surface area (Å²) in [5.41, 5.74) is 7.47. The van der Waals surface area contributed by atoms with Crippen LogP contribution in [0.4, 0.5) is 8.78 Å². The summed E-state index contributed by atoms with van der Waals surface area (Å²) in [6.45, 7) is 4.74. The third kappa shape index (κ3) is 2.78. The third-order valence-corrected chi connectivity index (χ3v) is 10.2. The second-order valence-corrected chi connectivity index (χ2v) is 11.4. The number of nitrogens with two attached hydrogens (primary N) is 1. The largest absolute Gasteiger partial charge is 0.325 e. The van der Waals surface area contributed by atoms with Gasteiger partial charge in [0, 0.05) is 23.1 Å². The highest BCUT2D eigenvalue weighted by Crippen LogP contribution is 2.68. The first-order chi connectivity index (χ1) is 14.2. The number of hydrogen-bond donors (Lipinski definition) is 1. The van der Waals surface area contributed by atoms with Crippen molar-refractivity contribution in [2.45, 2.75) is 83.6 Å². The molecule has 4 aliphatic carbocycles. The molecule has 164 valence electrons. The summed E-state index contributed by atoms with van der Waals surface area (Å²) in [6, 6.07) is 3.22. The Hall–Kier alpha value is -1.29. The van der Waals surface area contributed by atoms with E-state index in [9.17, 15) is 13.6 Å². The van der Waals surface area contributed by atoms with Gasteiger partial charge < -0.3 is 5.73 Å². The molecule has 0 saturated heterocycles. The molecule has 0 amide bonds. The average Bonchev–Trinajstić information content (AvgIpc) is 3.04. The lowest BCUT2D eigenvalue weighted by Gasteiger charge is -2.65. The second kappa shape index (κ2) is 6.85. The molecular weight excluding hydrogens is 380 g/mol. The van der Waals surface area contributed by atoms with Crippen molar-refractivity contribution in [1.82, 2.24) is 0 Å². The van der Waals surface area contributed by atoms with Gasteiger partial charge in [0.1, 0.15) is 11.6 Å². The van der Waals surface area contributed by atoms with Gasteiger partial charge in [-0.15, -0.1) is 0 Å². The van der Waals surface area contributed by atoms with Gasteiger partial charge in [0.25, 0.3) is 0 Å². The Bertz CT molecular complexity index is 850. The topological polar surface area (TPSA) is 43.1 Å². The van der Waals surface area contributed by atoms with E-state index >= 15 is 0 Å². The summed E-state index contributed by atoms with van der Waals surface area (Å²) >= 11 is 0. The molecule has 5 rings (SSSR count). The molecule has 0 spiro atoms. The lowest BCUT2D eigenvalue weighted by Crippen LogP contribution is -2.68. The number of fused-ring (bicyclic) bond motifs is 5. The summed E-state index contributed by atoms with van der Waals surface area (Å²) in [6.07, 6.45) is 11.4. The molecule has 2 nitrogen and oxygen atoms in total. The van der Waals surface area contributed by atoms with E-state index in [4.69, 9.17) is 5.73 Å². The highest BCUT2D eigenvalue weighted by atomic mass is 19.1. The van der Waals surface area contributed by atoms with Crippen LogP contribution in [-0.4, -0.2) is 11.3 Å². The fraction of sp³-hybridized carbons (Fsp3) is 0.731. The van der Waals surface area contributed by atoms with Gasteiger partial charge in [0.15, 0.2) is 5.78 Å². The van der Waals surface area contributed by atoms with Gasteiger partial charge in [-0.3, -0.25) is 4.79 Å². The van der Waals surface area contributed by atoms with Crippen LogP contribution in [0.25, 0.3) is 0 Å². The molecule has 30 heavy (non-hydrogen) atoms. The van der Waals surface area contributed by atoms with E-state index in [1.807, 2.05) is 0 Å². The average molecular weight is 416 g/mol. The van der Waals surface area contributed by atoms with E-state index in [1.165, 1.54) is 44.2 Å². The Morgan fingerprint density at radius 3 is 2.30 bits per heavy atom. The minimum Gasteiger partial charge on any atom is -0.325 e. The monoisotopic (exact) mass is 415 g/mol. The molecule has 1 aromatic rings. The Balaban J connectivity index is 1.47. The third-order valence-electron chi connectivity index (χ3n) is 10.2. The molecule has 0 radical (unpaired) electrons. The lowest BCUT2D eigenvalue weighted by molar-refractivity contribution is -0.123. The van der Waals surface area contributed by atoms with Gasteiger partial charge in [-0.1, -0.05) is 26.7 Å². The first-order valence-corrected chi connectivity index (χ1v) is 12.0. The second-order valence-electron chi connectivity index (χ2n) is 11.4. The Kier molecular flexibility index (Phi) is 4.71. The van der Waals surface area contributed by atoms with Crippen LogP contribution in [0.15, 0.2) is 18.2 Å². The molecule has 0 aliphatic heterocycles. The van der Waals surface area contributed by atoms with E-state index < -0.39 is 11.6 Å². The van der Waals surface area contributed by atoms with Gasteiger partial charge in [-0.05, 0) is 92.1 Å². The van der Waals surface area contributed by atoms with E-state index in [1.54, 1.807) is 0 Å². The maximum absolute atomic E-state index is 13.8. The smallest absolute Gasteiger partial charge is 0.166 e. The normalized spacial score (nSPS) is 45.4. The number of ketones is 1. The van der Waals surface area contributed by atoms with Gasteiger partial charge in [-0.2, -0.15) is 0 Å². The Morgan fingerprint density at radius 2 is 1.57 bits per heavy atom. The molecule has 1 aromatic carbocycles. The SMILES string of the molecule is C[C@]12CCC3[C@@](N)(CC[C@@H]4CCCC[C@]34C)C1CC[C@@H]2C(=O)c1cc(F)cc(F)c1. The molecule has 0 bridgehead atoms. The van der Waals surface area contributed by atoms with E-state index in [0.29, 0.717) is 17.3 Å². The van der Waals surface area contributed by atoms with Crippen LogP contribution in [0.2, 0.25) is 0 Å². The predicted octanol–water partition coefficient (Wildman–Crippen LogP) is 6.28. The minimum atomic E-state index is -0.680. The molecule has 4 aliphatic rings. The molecule has 4 heteroatoms. The number of carbonyl (C=O) groups is 1. The molecule has 4 saturated carbocycles. The van der Waals surface area contributed by atoms with Gasteiger partial charge in [-0.25, -0.2) is 8.78 Å². The summed E-state index contributed by atoms with van der Waals surface area (Å²) in [5, 5.41) is 0. The minimum absolute atomic E-state index is 0.0991. The number of Topliss-reactive ketones (excluding diaryl/α,β-unsaturated/α-hetero) is 1. The van der Waals surface area contributed by atoms with Crippen LogP contribution in [0.1, 0.15) is 88.4 Å². The summed E-state index contributed by atoms with van der Waals surface area (Å²) in [7, 11) is 0. The number of hydrogen-bond acceptors (Lipinski definition) is 2. The first kappa shape index (κ1) is 20.6. The summed E-state index contributed by atoms with van der Waals surface area (Å²) in [5.74, 6) is -0.00838. The molecule has 7 atom stereocenters. The van der Waals surface area contributed by atoms with Crippen LogP contribution in [0.5, 0.6) is 0 Å². The van der Waals surface area contributed by atoms with Crippen molar-refractivity contribution in [1.29, 1.82) is 0 Å². The van der Waals surface area contributed by atoms with E-state index in [2.05, 4.69) is 13.8 Å². The van der Waals surface area contributed by atoms with Crippen LogP contribution >= 0.6 is 0 Å². The van der Waals surface area contributed by atoms with Crippen LogP contribution in [0, 0.1) is 46.1 Å². The molecule has 2 N–H and O–H groups in total. The quantitative estimate of drug-likeness (QED) is 0.578. The molecule has 4 fully saturated rings. The van der Waals surface area contributed by atoms with Crippen LogP contribution < -0.4 is 5.73 Å². The van der Waals surface area contributed by atoms with Crippen molar-refractivity contribution in [3.05, 3.63) is 35.4 Å². The maximum Gasteiger partial charge on any atom is 0.166 e. The van der Waals surface area contributed by atoms with Gasteiger partial charge >= 0.3 is 0 Å². The van der Waals surface area contributed by atoms with Gasteiger partial charge in [0.05, 0.1) is 0 Å². The summed E-state index contributed by atoms with van der Waals surface area (Å²) < 4.78 is 27.5. The van der Waals surface area contributed by atoms with Gasteiger partial charge in [0.2, 0.25) is 0 Å². The van der Waals surface area contributed by atoms with Crippen molar-refractivity contribution < 1.29 is 13.6 Å².